The fourth-order valence-electron chi connectivity index (χ4n) is 5.73. The quantitative estimate of drug-likeness (QED) is 0.254. The predicted octanol–water partition coefficient (Wildman–Crippen LogP) is 6.76. The number of benzene rings is 3. The molecule has 2 saturated heterocycles. The van der Waals surface area contributed by atoms with Crippen molar-refractivity contribution in [1.82, 2.24) is 14.8 Å². The average Bonchev–Trinajstić information content (AvgIpc) is 3.48. The van der Waals surface area contributed by atoms with Crippen molar-refractivity contribution < 1.29 is 14.3 Å². The highest BCUT2D eigenvalue weighted by atomic mass is 79.9. The van der Waals surface area contributed by atoms with Gasteiger partial charge in [-0.05, 0) is 48.9 Å². The topological polar surface area (TPSA) is 65.6 Å². The predicted molar refractivity (Wildman–Crippen MR) is 163 cm³/mol. The van der Waals surface area contributed by atoms with Gasteiger partial charge >= 0.3 is 0 Å². The van der Waals surface area contributed by atoms with Crippen LogP contribution >= 0.6 is 39.3 Å². The smallest absolute Gasteiger partial charge is 0.242 e. The third-order valence-corrected chi connectivity index (χ3v) is 9.88. The van der Waals surface area contributed by atoms with E-state index in [0.717, 1.165) is 37.0 Å². The van der Waals surface area contributed by atoms with Crippen LogP contribution in [0.3, 0.4) is 0 Å². The van der Waals surface area contributed by atoms with Crippen molar-refractivity contribution in [3.63, 3.8) is 0 Å². The first-order valence-electron chi connectivity index (χ1n) is 13.3. The molecule has 0 radical (unpaired) electrons. The summed E-state index contributed by atoms with van der Waals surface area (Å²) in [7, 11) is 0. The number of ether oxygens (including phenoxy) is 1. The van der Waals surface area contributed by atoms with Gasteiger partial charge < -0.3 is 19.5 Å². The summed E-state index contributed by atoms with van der Waals surface area (Å²) in [4.78, 5) is 36.9. The number of likely N-dealkylation sites (tertiary alicyclic amines) is 1. The number of morpholine rings is 1. The van der Waals surface area contributed by atoms with E-state index in [9.17, 15) is 9.59 Å². The number of nitrogens with one attached hydrogen (secondary N) is 1. The summed E-state index contributed by atoms with van der Waals surface area (Å²) in [5, 5.41) is 1.58. The largest absolute Gasteiger partial charge is 0.378 e. The number of amides is 2. The van der Waals surface area contributed by atoms with Gasteiger partial charge in [0.1, 0.15) is 4.75 Å². The fraction of sp³-hybridized carbons (Fsp3) is 0.290. The van der Waals surface area contributed by atoms with E-state index in [0.29, 0.717) is 37.9 Å². The Balaban J connectivity index is 1.53. The lowest BCUT2D eigenvalue weighted by molar-refractivity contribution is -0.138. The molecule has 2 amide bonds. The molecule has 0 bridgehead atoms. The van der Waals surface area contributed by atoms with E-state index >= 15 is 0 Å². The minimum Gasteiger partial charge on any atom is -0.378 e. The minimum absolute atomic E-state index is 0.0265. The number of hydrogen-bond acceptors (Lipinski definition) is 4. The van der Waals surface area contributed by atoms with Crippen LogP contribution in [0.2, 0.25) is 5.02 Å². The molecular formula is C31H29BrClN3O3S. The number of halogens is 2. The molecule has 6 nitrogen and oxygen atoms in total. The molecular weight excluding hydrogens is 610 g/mol. The molecule has 0 spiro atoms. The number of carbonyl (C=O) groups excluding carboxylic acids is 2. The van der Waals surface area contributed by atoms with Crippen LogP contribution in [-0.4, -0.2) is 57.6 Å². The average molecular weight is 639 g/mol. The van der Waals surface area contributed by atoms with Crippen molar-refractivity contribution in [2.45, 2.75) is 35.6 Å². The Morgan fingerprint density at radius 2 is 1.82 bits per heavy atom. The van der Waals surface area contributed by atoms with Crippen LogP contribution in [0.4, 0.5) is 0 Å². The Morgan fingerprint density at radius 3 is 2.55 bits per heavy atom. The monoisotopic (exact) mass is 637 g/mol. The number of H-pyrrole nitrogens is 1. The number of hydrogen-bond donors (Lipinski definition) is 1. The van der Waals surface area contributed by atoms with Gasteiger partial charge in [0.05, 0.1) is 25.7 Å². The van der Waals surface area contributed by atoms with Crippen LogP contribution in [0, 0.1) is 6.92 Å². The molecule has 6 rings (SSSR count). The van der Waals surface area contributed by atoms with Crippen molar-refractivity contribution >= 4 is 62.0 Å². The zero-order valence-electron chi connectivity index (χ0n) is 22.0. The molecule has 1 N–H and O–H groups in total. The van der Waals surface area contributed by atoms with Gasteiger partial charge in [0.15, 0.2) is 0 Å². The molecule has 9 heteroatoms. The molecule has 2 aliphatic rings. The minimum atomic E-state index is -1.08. The molecule has 3 heterocycles. The fourth-order valence-corrected chi connectivity index (χ4v) is 7.64. The maximum Gasteiger partial charge on any atom is 0.242 e. The number of nitrogens with zero attached hydrogens (tertiary/aromatic N) is 2. The van der Waals surface area contributed by atoms with Crippen molar-refractivity contribution in [3.05, 3.63) is 99.1 Å². The summed E-state index contributed by atoms with van der Waals surface area (Å²) < 4.78 is 5.47. The summed E-state index contributed by atoms with van der Waals surface area (Å²) in [6.07, 6.45) is 2.04. The Hall–Kier alpha value is -2.78. The highest BCUT2D eigenvalue weighted by molar-refractivity contribution is 9.10. The molecule has 0 saturated carbocycles. The number of aromatic nitrogens is 1. The van der Waals surface area contributed by atoms with Crippen LogP contribution in [0.15, 0.2) is 82.3 Å². The standard InChI is InChI=1S/C31H29BrClN3O3S/c1-20-2-9-24(10-3-20)40-31(30(38)35-12-14-39-15-13-35)17-28(37)36(19-21-4-6-22(32)7-5-21)29(31)26-18-34-27-16-23(33)8-11-25(26)27/h2-11,16,18,29,34H,12-15,17,19H2,1H3. The maximum atomic E-state index is 14.7. The van der Waals surface area contributed by atoms with Crippen LogP contribution < -0.4 is 0 Å². The summed E-state index contributed by atoms with van der Waals surface area (Å²) in [5.74, 6) is -0.0706. The molecule has 3 aromatic carbocycles. The van der Waals surface area contributed by atoms with E-state index in [1.165, 1.54) is 11.8 Å². The molecule has 0 aliphatic carbocycles. The van der Waals surface area contributed by atoms with Gasteiger partial charge in [-0.15, -0.1) is 11.8 Å². The zero-order chi connectivity index (χ0) is 27.9. The van der Waals surface area contributed by atoms with E-state index in [2.05, 4.69) is 20.9 Å². The van der Waals surface area contributed by atoms with Gasteiger partial charge in [-0.2, -0.15) is 0 Å². The molecule has 2 aliphatic heterocycles. The van der Waals surface area contributed by atoms with E-state index in [4.69, 9.17) is 16.3 Å². The SMILES string of the molecule is Cc1ccc(SC2(C(=O)N3CCOCC3)CC(=O)N(Cc3ccc(Br)cc3)C2c2c[nH]c3cc(Cl)ccc23)cc1. The van der Waals surface area contributed by atoms with Crippen LogP contribution in [0.1, 0.15) is 29.2 Å². The van der Waals surface area contributed by atoms with E-state index in [-0.39, 0.29) is 18.2 Å². The summed E-state index contributed by atoms with van der Waals surface area (Å²) in [6.45, 7) is 4.43. The number of carbonyl (C=O) groups is 2. The molecule has 40 heavy (non-hydrogen) atoms. The van der Waals surface area contributed by atoms with Gasteiger partial charge in [0, 0.05) is 56.7 Å². The van der Waals surface area contributed by atoms with E-state index < -0.39 is 10.8 Å². The van der Waals surface area contributed by atoms with Gasteiger partial charge in [-0.3, -0.25) is 9.59 Å². The first kappa shape index (κ1) is 27.4. The lowest BCUT2D eigenvalue weighted by atomic mass is 9.90. The second-order valence-electron chi connectivity index (χ2n) is 10.4. The lowest BCUT2D eigenvalue weighted by Crippen LogP contribution is -2.53. The third-order valence-electron chi connectivity index (χ3n) is 7.71. The Kier molecular flexibility index (Phi) is 7.70. The van der Waals surface area contributed by atoms with Crippen LogP contribution in [0.5, 0.6) is 0 Å². The summed E-state index contributed by atoms with van der Waals surface area (Å²) in [6, 6.07) is 21.4. The van der Waals surface area contributed by atoms with Gasteiger partial charge in [-0.1, -0.05) is 63.4 Å². The van der Waals surface area contributed by atoms with Gasteiger partial charge in [-0.25, -0.2) is 0 Å². The zero-order valence-corrected chi connectivity index (χ0v) is 25.2. The Morgan fingerprint density at radius 1 is 1.10 bits per heavy atom. The van der Waals surface area contributed by atoms with Gasteiger partial charge in [0.25, 0.3) is 0 Å². The molecule has 2 fully saturated rings. The van der Waals surface area contributed by atoms with E-state index in [1.54, 1.807) is 0 Å². The number of fused-ring (bicyclic) bond motifs is 1. The third kappa shape index (κ3) is 5.18. The molecule has 1 aromatic heterocycles. The number of aromatic amines is 1. The van der Waals surface area contributed by atoms with Gasteiger partial charge in [0.2, 0.25) is 11.8 Å². The van der Waals surface area contributed by atoms with Crippen molar-refractivity contribution in [3.8, 4) is 0 Å². The summed E-state index contributed by atoms with van der Waals surface area (Å²) >= 11 is 11.3. The lowest BCUT2D eigenvalue weighted by Gasteiger charge is -2.40. The first-order valence-corrected chi connectivity index (χ1v) is 15.3. The Bertz CT molecular complexity index is 1550. The number of thioether (sulfide) groups is 1. The Labute approximate surface area is 251 Å². The van der Waals surface area contributed by atoms with E-state index in [1.807, 2.05) is 89.7 Å². The summed E-state index contributed by atoms with van der Waals surface area (Å²) in [5.41, 5.74) is 3.93. The van der Waals surface area contributed by atoms with Crippen molar-refractivity contribution in [2.75, 3.05) is 26.3 Å². The molecule has 4 aromatic rings. The maximum absolute atomic E-state index is 14.7. The normalized spacial score (nSPS) is 21.4. The molecule has 2 unspecified atom stereocenters. The number of aryl methyl sites for hydroxylation is 1. The highest BCUT2D eigenvalue weighted by Gasteiger charge is 2.59. The van der Waals surface area contributed by atoms with Crippen molar-refractivity contribution in [2.24, 2.45) is 0 Å². The molecule has 2 atom stereocenters. The number of rotatable bonds is 6. The second kappa shape index (κ2) is 11.2. The van der Waals surface area contributed by atoms with Crippen molar-refractivity contribution in [1.29, 1.82) is 0 Å². The van der Waals surface area contributed by atoms with Crippen LogP contribution in [-0.2, 0) is 20.9 Å². The molecule has 206 valence electrons. The van der Waals surface area contributed by atoms with Crippen LogP contribution in [0.25, 0.3) is 10.9 Å². The highest BCUT2D eigenvalue weighted by Crippen LogP contribution is 2.55. The first-order chi connectivity index (χ1) is 19.3. The second-order valence-corrected chi connectivity index (χ2v) is 13.1.